The van der Waals surface area contributed by atoms with E-state index in [4.69, 9.17) is 0 Å². The highest BCUT2D eigenvalue weighted by molar-refractivity contribution is 9.10. The number of carbonyl (C=O) groups is 2. The molecule has 94 valence electrons. The smallest absolute Gasteiger partial charge is 0.271 e. The monoisotopic (exact) mass is 309 g/mol. The number of benzene rings is 1. The van der Waals surface area contributed by atoms with Crippen LogP contribution < -0.4 is 10.7 Å². The standard InChI is InChI=1S/C12H12BrN3O2/c1-7-2-3-8(13)6-10(7)14-12(18)9-4-5-11(17)16-15-9/h2-3,6H,4-5H2,1H3,(H,14,18)(H,16,17). The summed E-state index contributed by atoms with van der Waals surface area (Å²) in [6, 6.07) is 5.64. The van der Waals surface area contributed by atoms with Gasteiger partial charge < -0.3 is 5.32 Å². The zero-order valence-electron chi connectivity index (χ0n) is 9.79. The summed E-state index contributed by atoms with van der Waals surface area (Å²) in [6.07, 6.45) is 0.661. The molecule has 1 aromatic rings. The minimum atomic E-state index is -0.281. The molecule has 6 heteroatoms. The largest absolute Gasteiger partial charge is 0.321 e. The molecule has 0 saturated heterocycles. The van der Waals surface area contributed by atoms with E-state index in [0.29, 0.717) is 18.6 Å². The molecule has 2 amide bonds. The SMILES string of the molecule is Cc1ccc(Br)cc1NC(=O)C1=NNC(=O)CC1. The highest BCUT2D eigenvalue weighted by atomic mass is 79.9. The van der Waals surface area contributed by atoms with Crippen LogP contribution >= 0.6 is 15.9 Å². The van der Waals surface area contributed by atoms with Crippen molar-refractivity contribution < 1.29 is 9.59 Å². The molecule has 2 rings (SSSR count). The van der Waals surface area contributed by atoms with Gasteiger partial charge in [-0.3, -0.25) is 9.59 Å². The van der Waals surface area contributed by atoms with Gasteiger partial charge in [0.15, 0.2) is 0 Å². The number of amides is 2. The van der Waals surface area contributed by atoms with E-state index >= 15 is 0 Å². The maximum Gasteiger partial charge on any atom is 0.271 e. The number of carbonyl (C=O) groups excluding carboxylic acids is 2. The van der Waals surface area contributed by atoms with Gasteiger partial charge in [0, 0.05) is 23.0 Å². The van der Waals surface area contributed by atoms with Crippen LogP contribution in [0.25, 0.3) is 0 Å². The summed E-state index contributed by atoms with van der Waals surface area (Å²) in [5, 5.41) is 6.54. The van der Waals surface area contributed by atoms with Crippen LogP contribution in [0.2, 0.25) is 0 Å². The van der Waals surface area contributed by atoms with Crippen molar-refractivity contribution in [2.45, 2.75) is 19.8 Å². The van der Waals surface area contributed by atoms with Crippen LogP contribution in [0.1, 0.15) is 18.4 Å². The molecule has 1 aromatic carbocycles. The predicted octanol–water partition coefficient (Wildman–Crippen LogP) is 1.96. The third kappa shape index (κ3) is 2.95. The van der Waals surface area contributed by atoms with E-state index in [1.54, 1.807) is 0 Å². The Hall–Kier alpha value is -1.69. The van der Waals surface area contributed by atoms with Gasteiger partial charge in [-0.2, -0.15) is 5.10 Å². The molecular formula is C12H12BrN3O2. The second-order valence-corrected chi connectivity index (χ2v) is 4.92. The summed E-state index contributed by atoms with van der Waals surface area (Å²) >= 11 is 3.35. The fraction of sp³-hybridized carbons (Fsp3) is 0.250. The summed E-state index contributed by atoms with van der Waals surface area (Å²) in [6.45, 7) is 1.91. The molecule has 0 spiro atoms. The first-order chi connectivity index (χ1) is 8.56. The maximum atomic E-state index is 11.9. The van der Waals surface area contributed by atoms with Crippen molar-refractivity contribution in [1.82, 2.24) is 5.43 Å². The minimum absolute atomic E-state index is 0.162. The molecular weight excluding hydrogens is 298 g/mol. The molecule has 2 N–H and O–H groups in total. The second-order valence-electron chi connectivity index (χ2n) is 4.01. The van der Waals surface area contributed by atoms with Gasteiger partial charge in [0.25, 0.3) is 5.91 Å². The predicted molar refractivity (Wildman–Crippen MR) is 72.3 cm³/mol. The Morgan fingerprint density at radius 1 is 1.44 bits per heavy atom. The van der Waals surface area contributed by atoms with Gasteiger partial charge >= 0.3 is 0 Å². The molecule has 0 saturated carbocycles. The van der Waals surface area contributed by atoms with Crippen LogP contribution in [-0.2, 0) is 9.59 Å². The molecule has 0 aliphatic carbocycles. The third-order valence-electron chi connectivity index (χ3n) is 2.61. The maximum absolute atomic E-state index is 11.9. The van der Waals surface area contributed by atoms with Crippen molar-refractivity contribution in [2.75, 3.05) is 5.32 Å². The Bertz CT molecular complexity index is 540. The first-order valence-electron chi connectivity index (χ1n) is 5.49. The molecule has 0 radical (unpaired) electrons. The van der Waals surface area contributed by atoms with Crippen LogP contribution in [-0.4, -0.2) is 17.5 Å². The normalized spacial score (nSPS) is 14.8. The molecule has 0 fully saturated rings. The Kier molecular flexibility index (Phi) is 3.76. The third-order valence-corrected chi connectivity index (χ3v) is 3.11. The van der Waals surface area contributed by atoms with Crippen molar-refractivity contribution in [2.24, 2.45) is 5.10 Å². The highest BCUT2D eigenvalue weighted by Gasteiger charge is 2.18. The molecule has 1 heterocycles. The van der Waals surface area contributed by atoms with E-state index in [1.807, 2.05) is 25.1 Å². The minimum Gasteiger partial charge on any atom is -0.321 e. The Labute approximate surface area is 113 Å². The summed E-state index contributed by atoms with van der Waals surface area (Å²) in [5.41, 5.74) is 4.34. The van der Waals surface area contributed by atoms with Crippen LogP contribution in [0.5, 0.6) is 0 Å². The topological polar surface area (TPSA) is 70.6 Å². The highest BCUT2D eigenvalue weighted by Crippen LogP contribution is 2.20. The summed E-state index contributed by atoms with van der Waals surface area (Å²) < 4.78 is 0.891. The number of hydrazone groups is 1. The number of rotatable bonds is 2. The summed E-state index contributed by atoms with van der Waals surface area (Å²) in [7, 11) is 0. The van der Waals surface area contributed by atoms with Crippen molar-refractivity contribution >= 4 is 39.1 Å². The van der Waals surface area contributed by atoms with Crippen LogP contribution in [0.4, 0.5) is 5.69 Å². The molecule has 0 bridgehead atoms. The van der Waals surface area contributed by atoms with Crippen molar-refractivity contribution in [3.8, 4) is 0 Å². The average molecular weight is 310 g/mol. The fourth-order valence-corrected chi connectivity index (χ4v) is 1.92. The van der Waals surface area contributed by atoms with E-state index < -0.39 is 0 Å². The van der Waals surface area contributed by atoms with Crippen LogP contribution in [0.15, 0.2) is 27.8 Å². The summed E-state index contributed by atoms with van der Waals surface area (Å²) in [5.74, 6) is -0.443. The zero-order chi connectivity index (χ0) is 13.1. The number of aryl methyl sites for hydroxylation is 1. The molecule has 18 heavy (non-hydrogen) atoms. The number of anilines is 1. The lowest BCUT2D eigenvalue weighted by Gasteiger charge is -2.13. The quantitative estimate of drug-likeness (QED) is 0.876. The number of hydrogen-bond acceptors (Lipinski definition) is 3. The lowest BCUT2D eigenvalue weighted by Crippen LogP contribution is -2.32. The lowest BCUT2D eigenvalue weighted by molar-refractivity contribution is -0.121. The van der Waals surface area contributed by atoms with Gasteiger partial charge in [-0.15, -0.1) is 0 Å². The molecule has 0 aromatic heterocycles. The first-order valence-corrected chi connectivity index (χ1v) is 6.28. The van der Waals surface area contributed by atoms with E-state index in [9.17, 15) is 9.59 Å². The van der Waals surface area contributed by atoms with Crippen LogP contribution in [0, 0.1) is 6.92 Å². The van der Waals surface area contributed by atoms with Gasteiger partial charge in [-0.1, -0.05) is 22.0 Å². The Morgan fingerprint density at radius 2 is 2.22 bits per heavy atom. The van der Waals surface area contributed by atoms with Crippen molar-refractivity contribution in [3.05, 3.63) is 28.2 Å². The van der Waals surface area contributed by atoms with Gasteiger partial charge in [0.1, 0.15) is 5.71 Å². The van der Waals surface area contributed by atoms with Crippen molar-refractivity contribution in [3.63, 3.8) is 0 Å². The van der Waals surface area contributed by atoms with Gasteiger partial charge in [0.05, 0.1) is 0 Å². The molecule has 5 nitrogen and oxygen atoms in total. The number of nitrogens with zero attached hydrogens (tertiary/aromatic N) is 1. The van der Waals surface area contributed by atoms with Crippen molar-refractivity contribution in [1.29, 1.82) is 0 Å². The Balaban J connectivity index is 2.12. The average Bonchev–Trinajstić information content (AvgIpc) is 2.34. The van der Waals surface area contributed by atoms with Gasteiger partial charge in [-0.05, 0) is 24.6 Å². The van der Waals surface area contributed by atoms with E-state index in [2.05, 4.69) is 31.8 Å². The van der Waals surface area contributed by atoms with Crippen LogP contribution in [0.3, 0.4) is 0 Å². The molecule has 1 aliphatic heterocycles. The van der Waals surface area contributed by atoms with E-state index in [1.165, 1.54) is 0 Å². The first kappa shape index (κ1) is 12.8. The molecule has 0 unspecified atom stereocenters. The molecule has 0 atom stereocenters. The van der Waals surface area contributed by atoms with E-state index in [0.717, 1.165) is 15.7 Å². The van der Waals surface area contributed by atoms with Gasteiger partial charge in [0.2, 0.25) is 5.91 Å². The second kappa shape index (κ2) is 5.30. The number of nitrogens with one attached hydrogen (secondary N) is 2. The molecule has 1 aliphatic rings. The summed E-state index contributed by atoms with van der Waals surface area (Å²) in [4.78, 5) is 22.9. The van der Waals surface area contributed by atoms with E-state index in [-0.39, 0.29) is 11.8 Å². The van der Waals surface area contributed by atoms with Gasteiger partial charge in [-0.25, -0.2) is 5.43 Å². The number of hydrogen-bond donors (Lipinski definition) is 2. The number of halogens is 1. The zero-order valence-corrected chi connectivity index (χ0v) is 11.4. The Morgan fingerprint density at radius 3 is 2.89 bits per heavy atom. The lowest BCUT2D eigenvalue weighted by atomic mass is 10.1. The fourth-order valence-electron chi connectivity index (χ4n) is 1.56.